The van der Waals surface area contributed by atoms with Gasteiger partial charge >= 0.3 is 0 Å². The molecule has 0 aliphatic carbocycles. The molecule has 4 rings (SSSR count). The van der Waals surface area contributed by atoms with Crippen molar-refractivity contribution in [2.75, 3.05) is 37.7 Å². The fraction of sp³-hybridized carbons (Fsp3) is 0.600. The highest BCUT2D eigenvalue weighted by molar-refractivity contribution is 5.99. The molecule has 2 atom stereocenters. The van der Waals surface area contributed by atoms with Crippen molar-refractivity contribution in [2.24, 2.45) is 0 Å². The SMILES string of the molecule is CC1(C)CC2(CO1)CN(C1CCN(c3ccc(C#N)cc3)C1=O)CCO2. The van der Waals surface area contributed by atoms with Crippen molar-refractivity contribution < 1.29 is 14.3 Å². The van der Waals surface area contributed by atoms with Gasteiger partial charge in [-0.25, -0.2) is 0 Å². The van der Waals surface area contributed by atoms with Gasteiger partial charge in [0, 0.05) is 31.7 Å². The first-order chi connectivity index (χ1) is 12.4. The third kappa shape index (κ3) is 3.11. The van der Waals surface area contributed by atoms with Crippen LogP contribution in [0.25, 0.3) is 0 Å². The van der Waals surface area contributed by atoms with Gasteiger partial charge in [0.05, 0.1) is 36.5 Å². The van der Waals surface area contributed by atoms with Gasteiger partial charge in [0.1, 0.15) is 5.60 Å². The summed E-state index contributed by atoms with van der Waals surface area (Å²) in [5, 5.41) is 8.94. The minimum absolute atomic E-state index is 0.102. The normalized spacial score (nSPS) is 31.5. The number of morpholine rings is 1. The lowest BCUT2D eigenvalue weighted by molar-refractivity contribution is -0.135. The molecule has 3 heterocycles. The molecular weight excluding hydrogens is 330 g/mol. The predicted octanol–water partition coefficient (Wildman–Crippen LogP) is 1.93. The molecule has 3 fully saturated rings. The van der Waals surface area contributed by atoms with Crippen LogP contribution in [0.1, 0.15) is 32.3 Å². The maximum absolute atomic E-state index is 13.0. The van der Waals surface area contributed by atoms with Crippen LogP contribution in [0, 0.1) is 11.3 Å². The van der Waals surface area contributed by atoms with E-state index < -0.39 is 0 Å². The molecule has 0 aromatic heterocycles. The Morgan fingerprint density at radius 1 is 1.19 bits per heavy atom. The molecule has 26 heavy (non-hydrogen) atoms. The smallest absolute Gasteiger partial charge is 0.244 e. The average molecular weight is 355 g/mol. The predicted molar refractivity (Wildman–Crippen MR) is 96.8 cm³/mol. The molecular formula is C20H25N3O3. The zero-order valence-electron chi connectivity index (χ0n) is 15.4. The maximum atomic E-state index is 13.0. The summed E-state index contributed by atoms with van der Waals surface area (Å²) < 4.78 is 12.0. The van der Waals surface area contributed by atoms with E-state index in [0.717, 1.165) is 31.6 Å². The van der Waals surface area contributed by atoms with Crippen LogP contribution in [0.4, 0.5) is 5.69 Å². The van der Waals surface area contributed by atoms with Crippen LogP contribution in [-0.4, -0.2) is 60.9 Å². The first-order valence-corrected chi connectivity index (χ1v) is 9.25. The Kier molecular flexibility index (Phi) is 4.26. The van der Waals surface area contributed by atoms with Crippen LogP contribution in [0.5, 0.6) is 0 Å². The molecule has 0 bridgehead atoms. The lowest BCUT2D eigenvalue weighted by Crippen LogP contribution is -2.57. The molecule has 3 aliphatic heterocycles. The third-order valence-corrected chi connectivity index (χ3v) is 5.68. The zero-order chi connectivity index (χ0) is 18.4. The topological polar surface area (TPSA) is 65.8 Å². The summed E-state index contributed by atoms with van der Waals surface area (Å²) in [6.07, 6.45) is 1.68. The average Bonchev–Trinajstić information content (AvgIpc) is 3.15. The Bertz CT molecular complexity index is 740. The van der Waals surface area contributed by atoms with Crippen molar-refractivity contribution in [3.05, 3.63) is 29.8 Å². The zero-order valence-corrected chi connectivity index (χ0v) is 15.4. The number of ether oxygens (including phenoxy) is 2. The van der Waals surface area contributed by atoms with E-state index >= 15 is 0 Å². The molecule has 6 nitrogen and oxygen atoms in total. The first-order valence-electron chi connectivity index (χ1n) is 9.25. The van der Waals surface area contributed by atoms with Gasteiger partial charge in [-0.15, -0.1) is 0 Å². The number of benzene rings is 1. The Hall–Kier alpha value is -1.94. The highest BCUT2D eigenvalue weighted by Gasteiger charge is 2.50. The summed E-state index contributed by atoms with van der Waals surface area (Å²) in [6.45, 7) is 7.65. The Balaban J connectivity index is 1.47. The summed E-state index contributed by atoms with van der Waals surface area (Å²) in [4.78, 5) is 17.2. The largest absolute Gasteiger partial charge is 0.372 e. The standard InChI is InChI=1S/C20H25N3O3/c1-19(2)12-20(14-26-19)13-22(9-10-25-20)17-7-8-23(18(17)24)16-5-3-15(11-21)4-6-16/h3-6,17H,7-10,12-14H2,1-2H3. The lowest BCUT2D eigenvalue weighted by Gasteiger charge is -2.42. The maximum Gasteiger partial charge on any atom is 0.244 e. The monoisotopic (exact) mass is 355 g/mol. The van der Waals surface area contributed by atoms with Crippen molar-refractivity contribution in [3.63, 3.8) is 0 Å². The summed E-state index contributed by atoms with van der Waals surface area (Å²) in [7, 11) is 0. The Morgan fingerprint density at radius 2 is 1.96 bits per heavy atom. The number of carbonyl (C=O) groups is 1. The number of hydrogen-bond acceptors (Lipinski definition) is 5. The van der Waals surface area contributed by atoms with Crippen LogP contribution in [0.2, 0.25) is 0 Å². The molecule has 1 spiro atoms. The van der Waals surface area contributed by atoms with Gasteiger partial charge in [0.15, 0.2) is 0 Å². The minimum atomic E-state index is -0.288. The fourth-order valence-electron chi connectivity index (χ4n) is 4.52. The second-order valence-corrected chi connectivity index (χ2v) is 8.18. The van der Waals surface area contributed by atoms with Crippen LogP contribution in [0.15, 0.2) is 24.3 Å². The number of rotatable bonds is 2. The van der Waals surface area contributed by atoms with Crippen molar-refractivity contribution in [2.45, 2.75) is 43.9 Å². The van der Waals surface area contributed by atoms with Crippen molar-refractivity contribution in [1.29, 1.82) is 5.26 Å². The van der Waals surface area contributed by atoms with Crippen molar-refractivity contribution >= 4 is 11.6 Å². The van der Waals surface area contributed by atoms with E-state index in [-0.39, 0.29) is 23.2 Å². The summed E-state index contributed by atoms with van der Waals surface area (Å²) >= 11 is 0. The van der Waals surface area contributed by atoms with Crippen LogP contribution >= 0.6 is 0 Å². The third-order valence-electron chi connectivity index (χ3n) is 5.68. The second kappa shape index (κ2) is 6.34. The van der Waals surface area contributed by atoms with Crippen LogP contribution < -0.4 is 4.90 Å². The fourth-order valence-corrected chi connectivity index (χ4v) is 4.52. The molecule has 3 saturated heterocycles. The number of carbonyl (C=O) groups excluding carboxylic acids is 1. The van der Waals surface area contributed by atoms with E-state index in [1.165, 1.54) is 0 Å². The van der Waals surface area contributed by atoms with E-state index in [2.05, 4.69) is 24.8 Å². The van der Waals surface area contributed by atoms with E-state index in [1.807, 2.05) is 17.0 Å². The van der Waals surface area contributed by atoms with Gasteiger partial charge < -0.3 is 14.4 Å². The number of amides is 1. The molecule has 1 aromatic rings. The van der Waals surface area contributed by atoms with E-state index in [1.54, 1.807) is 12.1 Å². The summed E-state index contributed by atoms with van der Waals surface area (Å²) in [6, 6.07) is 9.24. The molecule has 2 unspecified atom stereocenters. The van der Waals surface area contributed by atoms with Gasteiger partial charge in [-0.05, 0) is 44.5 Å². The number of nitriles is 1. The van der Waals surface area contributed by atoms with E-state index in [9.17, 15) is 4.79 Å². The molecule has 1 aromatic carbocycles. The minimum Gasteiger partial charge on any atom is -0.372 e. The Morgan fingerprint density at radius 3 is 2.62 bits per heavy atom. The summed E-state index contributed by atoms with van der Waals surface area (Å²) in [5.74, 6) is 0.143. The quantitative estimate of drug-likeness (QED) is 0.811. The van der Waals surface area contributed by atoms with E-state index in [0.29, 0.717) is 25.3 Å². The number of nitrogens with zero attached hydrogens (tertiary/aromatic N) is 3. The molecule has 0 N–H and O–H groups in total. The second-order valence-electron chi connectivity index (χ2n) is 8.18. The van der Waals surface area contributed by atoms with Crippen molar-refractivity contribution in [1.82, 2.24) is 4.90 Å². The van der Waals surface area contributed by atoms with Crippen LogP contribution in [-0.2, 0) is 14.3 Å². The van der Waals surface area contributed by atoms with Gasteiger partial charge in [-0.2, -0.15) is 5.26 Å². The summed E-state index contributed by atoms with van der Waals surface area (Å²) in [5.41, 5.74) is 1.02. The molecule has 6 heteroatoms. The Labute approximate surface area is 154 Å². The van der Waals surface area contributed by atoms with Gasteiger partial charge in [0.25, 0.3) is 0 Å². The molecule has 1 amide bonds. The van der Waals surface area contributed by atoms with Gasteiger partial charge in [-0.1, -0.05) is 0 Å². The number of anilines is 1. The highest BCUT2D eigenvalue weighted by atomic mass is 16.6. The van der Waals surface area contributed by atoms with Gasteiger partial charge in [0.2, 0.25) is 5.91 Å². The molecule has 0 radical (unpaired) electrons. The molecule has 3 aliphatic rings. The molecule has 0 saturated carbocycles. The lowest BCUT2D eigenvalue weighted by atomic mass is 9.91. The molecule has 138 valence electrons. The highest BCUT2D eigenvalue weighted by Crippen LogP contribution is 2.38. The van der Waals surface area contributed by atoms with Crippen LogP contribution in [0.3, 0.4) is 0 Å². The van der Waals surface area contributed by atoms with E-state index in [4.69, 9.17) is 14.7 Å². The van der Waals surface area contributed by atoms with Gasteiger partial charge in [-0.3, -0.25) is 9.69 Å². The number of hydrogen-bond donors (Lipinski definition) is 0. The van der Waals surface area contributed by atoms with Crippen molar-refractivity contribution in [3.8, 4) is 6.07 Å². The first kappa shape index (κ1) is 17.5.